The van der Waals surface area contributed by atoms with Crippen LogP contribution in [0.25, 0.3) is 0 Å². The van der Waals surface area contributed by atoms with Gasteiger partial charge in [-0.05, 0) is 37.5 Å². The molecule has 2 fully saturated rings. The molecule has 0 aliphatic carbocycles. The highest BCUT2D eigenvalue weighted by Gasteiger charge is 2.24. The van der Waals surface area contributed by atoms with Crippen molar-refractivity contribution < 1.29 is 14.3 Å². The molecule has 2 rings (SSSR count). The highest BCUT2D eigenvalue weighted by Crippen LogP contribution is 2.20. The second kappa shape index (κ2) is 8.59. The molecule has 3 unspecified atom stereocenters. The van der Waals surface area contributed by atoms with Gasteiger partial charge in [0.1, 0.15) is 0 Å². The van der Waals surface area contributed by atoms with Gasteiger partial charge in [-0.15, -0.1) is 0 Å². The fourth-order valence-corrected chi connectivity index (χ4v) is 3.30. The molecule has 0 radical (unpaired) electrons. The molecule has 2 aliphatic heterocycles. The molecule has 5 heteroatoms. The lowest BCUT2D eigenvalue weighted by Gasteiger charge is -2.34. The molecule has 21 heavy (non-hydrogen) atoms. The number of urea groups is 1. The first-order valence-corrected chi connectivity index (χ1v) is 8.37. The van der Waals surface area contributed by atoms with Crippen molar-refractivity contribution in [2.24, 2.45) is 11.8 Å². The Kier molecular flexibility index (Phi) is 6.77. The molecule has 2 saturated heterocycles. The first-order valence-electron chi connectivity index (χ1n) is 8.37. The van der Waals surface area contributed by atoms with Gasteiger partial charge in [-0.1, -0.05) is 13.8 Å². The fourth-order valence-electron chi connectivity index (χ4n) is 3.30. The van der Waals surface area contributed by atoms with Crippen LogP contribution in [0.15, 0.2) is 0 Å². The van der Waals surface area contributed by atoms with Gasteiger partial charge in [0.25, 0.3) is 0 Å². The second-order valence-electron chi connectivity index (χ2n) is 6.65. The van der Waals surface area contributed by atoms with Crippen molar-refractivity contribution in [1.29, 1.82) is 0 Å². The van der Waals surface area contributed by atoms with Gasteiger partial charge >= 0.3 is 6.03 Å². The van der Waals surface area contributed by atoms with Crippen LogP contribution >= 0.6 is 0 Å². The van der Waals surface area contributed by atoms with Crippen LogP contribution < -0.4 is 5.32 Å². The number of hydrogen-bond donors (Lipinski definition) is 1. The standard InChI is InChI=1S/C16H30N2O3/c1-13-9-14(2)11-18(10-13)16(19)17-6-4-7-20-12-15-5-3-8-21-15/h13-15H,3-12H2,1-2H3,(H,17,19). The van der Waals surface area contributed by atoms with Gasteiger partial charge < -0.3 is 19.7 Å². The molecule has 2 amide bonds. The first-order chi connectivity index (χ1) is 10.1. The smallest absolute Gasteiger partial charge is 0.317 e. The lowest BCUT2D eigenvalue weighted by Crippen LogP contribution is -2.47. The number of carbonyl (C=O) groups excluding carboxylic acids is 1. The Bertz CT molecular complexity index is 309. The molecular formula is C16H30N2O3. The molecule has 0 bridgehead atoms. The zero-order valence-electron chi connectivity index (χ0n) is 13.5. The van der Waals surface area contributed by atoms with Crippen LogP contribution in [0.4, 0.5) is 4.79 Å². The number of hydrogen-bond acceptors (Lipinski definition) is 3. The zero-order valence-corrected chi connectivity index (χ0v) is 13.5. The summed E-state index contributed by atoms with van der Waals surface area (Å²) in [6.45, 7) is 9.13. The summed E-state index contributed by atoms with van der Waals surface area (Å²) >= 11 is 0. The van der Waals surface area contributed by atoms with Gasteiger partial charge in [0.05, 0.1) is 12.7 Å². The minimum Gasteiger partial charge on any atom is -0.379 e. The van der Waals surface area contributed by atoms with E-state index in [1.165, 1.54) is 6.42 Å². The third kappa shape index (κ3) is 5.83. The number of nitrogens with one attached hydrogen (secondary N) is 1. The molecule has 5 nitrogen and oxygen atoms in total. The van der Waals surface area contributed by atoms with Crippen molar-refractivity contribution in [2.75, 3.05) is 39.5 Å². The number of nitrogens with zero attached hydrogens (tertiary/aromatic N) is 1. The second-order valence-corrected chi connectivity index (χ2v) is 6.65. The lowest BCUT2D eigenvalue weighted by atomic mass is 9.92. The Morgan fingerprint density at radius 1 is 1.33 bits per heavy atom. The first kappa shape index (κ1) is 16.6. The van der Waals surface area contributed by atoms with Gasteiger partial charge in [-0.3, -0.25) is 0 Å². The summed E-state index contributed by atoms with van der Waals surface area (Å²) < 4.78 is 11.1. The Morgan fingerprint density at radius 2 is 2.10 bits per heavy atom. The lowest BCUT2D eigenvalue weighted by molar-refractivity contribution is 0.0167. The van der Waals surface area contributed by atoms with Crippen molar-refractivity contribution in [3.8, 4) is 0 Å². The molecule has 2 heterocycles. The van der Waals surface area contributed by atoms with Crippen molar-refractivity contribution in [2.45, 2.75) is 45.6 Å². The van der Waals surface area contributed by atoms with E-state index < -0.39 is 0 Å². The normalized spacial score (nSPS) is 29.6. The quantitative estimate of drug-likeness (QED) is 0.765. The van der Waals surface area contributed by atoms with E-state index in [4.69, 9.17) is 9.47 Å². The Hall–Kier alpha value is -0.810. The maximum Gasteiger partial charge on any atom is 0.317 e. The van der Waals surface area contributed by atoms with Gasteiger partial charge in [0, 0.05) is 32.8 Å². The SMILES string of the molecule is CC1CC(C)CN(C(=O)NCCCOCC2CCCO2)C1. The molecule has 0 aromatic rings. The molecule has 0 spiro atoms. The molecule has 0 aromatic heterocycles. The molecule has 0 saturated carbocycles. The van der Waals surface area contributed by atoms with E-state index in [2.05, 4.69) is 19.2 Å². The largest absolute Gasteiger partial charge is 0.379 e. The Morgan fingerprint density at radius 3 is 2.76 bits per heavy atom. The summed E-state index contributed by atoms with van der Waals surface area (Å²) in [6.07, 6.45) is 4.63. The van der Waals surface area contributed by atoms with Crippen molar-refractivity contribution in [3.63, 3.8) is 0 Å². The summed E-state index contributed by atoms with van der Waals surface area (Å²) in [5.74, 6) is 1.21. The van der Waals surface area contributed by atoms with Gasteiger partial charge in [0.15, 0.2) is 0 Å². The van der Waals surface area contributed by atoms with Crippen LogP contribution in [0.3, 0.4) is 0 Å². The number of rotatable bonds is 6. The predicted octanol–water partition coefficient (Wildman–Crippen LogP) is 2.26. The van der Waals surface area contributed by atoms with Crippen LogP contribution in [-0.2, 0) is 9.47 Å². The summed E-state index contributed by atoms with van der Waals surface area (Å²) in [6, 6.07) is 0.0764. The zero-order chi connectivity index (χ0) is 15.1. The average molecular weight is 298 g/mol. The molecular weight excluding hydrogens is 268 g/mol. The minimum absolute atomic E-state index is 0.0764. The summed E-state index contributed by atoms with van der Waals surface area (Å²) in [7, 11) is 0. The molecule has 3 atom stereocenters. The molecule has 1 N–H and O–H groups in total. The molecule has 2 aliphatic rings. The van der Waals surface area contributed by atoms with E-state index in [9.17, 15) is 4.79 Å². The van der Waals surface area contributed by atoms with E-state index >= 15 is 0 Å². The van der Waals surface area contributed by atoms with Crippen LogP contribution in [0.1, 0.15) is 39.5 Å². The summed E-state index contributed by atoms with van der Waals surface area (Å²) in [5, 5.41) is 3.00. The van der Waals surface area contributed by atoms with E-state index in [-0.39, 0.29) is 12.1 Å². The number of ether oxygens (including phenoxy) is 2. The van der Waals surface area contributed by atoms with Crippen molar-refractivity contribution in [1.82, 2.24) is 10.2 Å². The molecule has 0 aromatic carbocycles. The maximum absolute atomic E-state index is 12.1. The third-order valence-electron chi connectivity index (χ3n) is 4.23. The van der Waals surface area contributed by atoms with Crippen molar-refractivity contribution >= 4 is 6.03 Å². The highest BCUT2D eigenvalue weighted by atomic mass is 16.5. The van der Waals surface area contributed by atoms with Crippen LogP contribution in [0.2, 0.25) is 0 Å². The van der Waals surface area contributed by atoms with Crippen LogP contribution in [-0.4, -0.2) is 56.5 Å². The van der Waals surface area contributed by atoms with Crippen molar-refractivity contribution in [3.05, 3.63) is 0 Å². The van der Waals surface area contributed by atoms with E-state index in [1.807, 2.05) is 4.90 Å². The number of piperidine rings is 1. The van der Waals surface area contributed by atoms with Gasteiger partial charge in [0.2, 0.25) is 0 Å². The Balaban J connectivity index is 1.50. The summed E-state index contributed by atoms with van der Waals surface area (Å²) in [4.78, 5) is 14.0. The van der Waals surface area contributed by atoms with E-state index in [1.54, 1.807) is 0 Å². The Labute approximate surface area is 128 Å². The monoisotopic (exact) mass is 298 g/mol. The minimum atomic E-state index is 0.0764. The summed E-state index contributed by atoms with van der Waals surface area (Å²) in [5.41, 5.74) is 0. The predicted molar refractivity (Wildman–Crippen MR) is 82.3 cm³/mol. The van der Waals surface area contributed by atoms with Crippen LogP contribution in [0, 0.1) is 11.8 Å². The topological polar surface area (TPSA) is 50.8 Å². The van der Waals surface area contributed by atoms with Gasteiger partial charge in [-0.25, -0.2) is 4.79 Å². The maximum atomic E-state index is 12.1. The van der Waals surface area contributed by atoms with Crippen LogP contribution in [0.5, 0.6) is 0 Å². The third-order valence-corrected chi connectivity index (χ3v) is 4.23. The molecule has 122 valence electrons. The number of likely N-dealkylation sites (tertiary alicyclic amines) is 1. The van der Waals surface area contributed by atoms with Gasteiger partial charge in [-0.2, -0.15) is 0 Å². The number of amides is 2. The fraction of sp³-hybridized carbons (Fsp3) is 0.938. The number of carbonyl (C=O) groups is 1. The van der Waals surface area contributed by atoms with E-state index in [0.717, 1.165) is 39.0 Å². The van der Waals surface area contributed by atoms with E-state index in [0.29, 0.717) is 31.6 Å². The highest BCUT2D eigenvalue weighted by molar-refractivity contribution is 5.74. The average Bonchev–Trinajstić information content (AvgIpc) is 2.94.